The summed E-state index contributed by atoms with van der Waals surface area (Å²) in [5.74, 6) is -2.71. The summed E-state index contributed by atoms with van der Waals surface area (Å²) in [4.78, 5) is 63.9. The summed E-state index contributed by atoms with van der Waals surface area (Å²) in [5.41, 5.74) is 1.24. The first kappa shape index (κ1) is 38.1. The first-order valence-corrected chi connectivity index (χ1v) is 21.6. The van der Waals surface area contributed by atoms with Crippen LogP contribution < -0.4 is 15.4 Å². The van der Waals surface area contributed by atoms with Crippen LogP contribution in [0.4, 0.5) is 14.3 Å². The monoisotopic (exact) mass is 804 g/mol. The van der Waals surface area contributed by atoms with Crippen LogP contribution in [-0.4, -0.2) is 82.0 Å². The summed E-state index contributed by atoms with van der Waals surface area (Å²) in [7, 11) is -4.00. The van der Waals surface area contributed by atoms with Crippen LogP contribution in [0, 0.1) is 11.7 Å². The minimum atomic E-state index is -4.00. The second kappa shape index (κ2) is 14.9. The smallest absolute Gasteiger partial charge is 0.410 e. The highest BCUT2D eigenvalue weighted by molar-refractivity contribution is 7.91. The Morgan fingerprint density at radius 1 is 1.05 bits per heavy atom. The number of benzene rings is 2. The summed E-state index contributed by atoms with van der Waals surface area (Å²) in [6.07, 6.45) is 6.73. The van der Waals surface area contributed by atoms with Crippen molar-refractivity contribution in [2.24, 2.45) is 5.92 Å². The molecule has 3 aromatic rings. The Hall–Kier alpha value is -4.83. The van der Waals surface area contributed by atoms with Gasteiger partial charge in [0.15, 0.2) is 5.13 Å². The van der Waals surface area contributed by atoms with Gasteiger partial charge in [0.1, 0.15) is 29.5 Å². The van der Waals surface area contributed by atoms with Gasteiger partial charge in [-0.15, -0.1) is 11.3 Å². The summed E-state index contributed by atoms with van der Waals surface area (Å²) < 4.78 is 47.9. The van der Waals surface area contributed by atoms with Gasteiger partial charge in [0.05, 0.1) is 23.5 Å². The maximum atomic E-state index is 14.7. The Morgan fingerprint density at radius 3 is 2.62 bits per heavy atom. The Balaban J connectivity index is 1.06. The van der Waals surface area contributed by atoms with Crippen LogP contribution in [-0.2, 0) is 42.2 Å². The fraction of sp³-hybridized carbons (Fsp3) is 0.475. The summed E-state index contributed by atoms with van der Waals surface area (Å²) >= 11 is 1.36. The van der Waals surface area contributed by atoms with Crippen molar-refractivity contribution in [1.29, 1.82) is 0 Å². The molecule has 2 saturated carbocycles. The quantitative estimate of drug-likeness (QED) is 0.271. The highest BCUT2D eigenvalue weighted by atomic mass is 32.2. The first-order valence-electron chi connectivity index (χ1n) is 19.2. The maximum absolute atomic E-state index is 14.7. The van der Waals surface area contributed by atoms with Crippen molar-refractivity contribution in [3.05, 3.63) is 83.0 Å². The van der Waals surface area contributed by atoms with E-state index in [1.54, 1.807) is 19.1 Å². The van der Waals surface area contributed by atoms with E-state index in [2.05, 4.69) is 15.4 Å². The average molecular weight is 805 g/mol. The normalized spacial score (nSPS) is 27.8. The fourth-order valence-corrected chi connectivity index (χ4v) is 9.99. The molecule has 3 fully saturated rings. The lowest BCUT2D eigenvalue weighted by molar-refractivity contribution is -0.140. The van der Waals surface area contributed by atoms with Crippen LogP contribution in [0.15, 0.2) is 66.1 Å². The van der Waals surface area contributed by atoms with Gasteiger partial charge in [0.2, 0.25) is 21.8 Å². The number of hydrogen-bond donors (Lipinski definition) is 3. The highest BCUT2D eigenvalue weighted by Crippen LogP contribution is 2.47. The van der Waals surface area contributed by atoms with E-state index in [1.807, 2.05) is 47.9 Å². The summed E-state index contributed by atoms with van der Waals surface area (Å²) in [6, 6.07) is 12.4. The number of anilines is 1. The number of carbonyl (C=O) groups is 4. The number of ether oxygens (including phenoxy) is 1. The molecular weight excluding hydrogens is 760 g/mol. The molecule has 4 amide bonds. The van der Waals surface area contributed by atoms with E-state index in [9.17, 15) is 32.0 Å². The third-order valence-corrected chi connectivity index (χ3v) is 14.7. The SMILES string of the molecule is CC1(S(=O)(=O)NC(=O)[C@@]23C[C@H]2/C=C\CCCCC[C@H](Nc2nc(-c4ccccc4)cs2)C(=O)N2C[C@H](OC(=O)N4Cc5cccc(F)c5C4)C[C@H]2C(=O)N3)CC1. The summed E-state index contributed by atoms with van der Waals surface area (Å²) in [6.45, 7) is 1.67. The van der Waals surface area contributed by atoms with Crippen LogP contribution in [0.3, 0.4) is 0 Å². The van der Waals surface area contributed by atoms with Crippen LogP contribution in [0.2, 0.25) is 0 Å². The van der Waals surface area contributed by atoms with Crippen molar-refractivity contribution >= 4 is 50.3 Å². The number of allylic oxidation sites excluding steroid dienone is 1. The Kier molecular flexibility index (Phi) is 10.1. The lowest BCUT2D eigenvalue weighted by atomic mass is 10.1. The van der Waals surface area contributed by atoms with E-state index in [1.165, 1.54) is 27.2 Å². The van der Waals surface area contributed by atoms with Gasteiger partial charge in [0.25, 0.3) is 5.91 Å². The largest absolute Gasteiger partial charge is 0.444 e. The molecule has 2 aliphatic carbocycles. The number of nitrogens with one attached hydrogen (secondary N) is 3. The second-order valence-electron chi connectivity index (χ2n) is 15.8. The van der Waals surface area contributed by atoms with Gasteiger partial charge in [-0.2, -0.15) is 0 Å². The van der Waals surface area contributed by atoms with E-state index in [4.69, 9.17) is 9.72 Å². The van der Waals surface area contributed by atoms with Crippen LogP contribution in [0.1, 0.15) is 75.8 Å². The van der Waals surface area contributed by atoms with E-state index >= 15 is 0 Å². The first-order chi connectivity index (χ1) is 26.9. The molecule has 16 heteroatoms. The molecule has 2 aromatic carbocycles. The van der Waals surface area contributed by atoms with Crippen LogP contribution in [0.25, 0.3) is 11.3 Å². The molecule has 13 nitrogen and oxygen atoms in total. The van der Waals surface area contributed by atoms with Crippen molar-refractivity contribution in [1.82, 2.24) is 24.8 Å². The predicted octanol–water partition coefficient (Wildman–Crippen LogP) is 5.25. The number of fused-ring (bicyclic) bond motifs is 3. The van der Waals surface area contributed by atoms with Gasteiger partial charge < -0.3 is 20.3 Å². The molecule has 0 radical (unpaired) electrons. The number of carbonyl (C=O) groups excluding carboxylic acids is 4. The molecule has 8 rings (SSSR count). The molecule has 4 heterocycles. The van der Waals surface area contributed by atoms with E-state index in [-0.39, 0.29) is 38.4 Å². The zero-order valence-corrected chi connectivity index (χ0v) is 32.7. The van der Waals surface area contributed by atoms with Gasteiger partial charge in [-0.25, -0.2) is 22.6 Å². The minimum absolute atomic E-state index is 0.0272. The molecule has 3 N–H and O–H groups in total. The molecule has 296 valence electrons. The zero-order valence-electron chi connectivity index (χ0n) is 31.0. The molecule has 3 aliphatic heterocycles. The zero-order chi connectivity index (χ0) is 39.2. The molecule has 5 atom stereocenters. The number of rotatable bonds is 7. The van der Waals surface area contributed by atoms with Gasteiger partial charge in [-0.1, -0.05) is 67.5 Å². The van der Waals surface area contributed by atoms with Gasteiger partial charge in [0, 0.05) is 35.4 Å². The van der Waals surface area contributed by atoms with Crippen molar-refractivity contribution in [2.45, 2.75) is 106 Å². The van der Waals surface area contributed by atoms with Gasteiger partial charge in [-0.05, 0) is 57.1 Å². The molecule has 0 bridgehead atoms. The van der Waals surface area contributed by atoms with Gasteiger partial charge >= 0.3 is 6.09 Å². The number of nitrogens with zero attached hydrogens (tertiary/aromatic N) is 3. The van der Waals surface area contributed by atoms with Gasteiger partial charge in [-0.3, -0.25) is 24.0 Å². The maximum Gasteiger partial charge on any atom is 0.410 e. The molecule has 0 unspecified atom stereocenters. The van der Waals surface area contributed by atoms with Crippen molar-refractivity contribution in [3.63, 3.8) is 0 Å². The molecule has 1 aromatic heterocycles. The van der Waals surface area contributed by atoms with Crippen molar-refractivity contribution in [3.8, 4) is 11.3 Å². The average Bonchev–Trinajstić information content (AvgIpc) is 3.82. The number of halogens is 1. The number of aromatic nitrogens is 1. The third kappa shape index (κ3) is 7.52. The minimum Gasteiger partial charge on any atom is -0.444 e. The van der Waals surface area contributed by atoms with Crippen molar-refractivity contribution < 1.29 is 36.7 Å². The number of hydrogen-bond acceptors (Lipinski definition) is 10. The Bertz CT molecular complexity index is 2180. The number of amides is 4. The molecular formula is C40H45FN6O7S2. The predicted molar refractivity (Wildman–Crippen MR) is 207 cm³/mol. The molecule has 5 aliphatic rings. The third-order valence-electron chi connectivity index (χ3n) is 11.8. The fourth-order valence-electron chi connectivity index (χ4n) is 7.90. The molecule has 56 heavy (non-hydrogen) atoms. The Labute approximate surface area is 329 Å². The standard InChI is InChI=1S/C40H45FN6O7S2/c1-39(17-18-39)56(52,53)45-36(50)40-20-27(40)14-8-3-2-4-9-16-31(42-37-43-32(24-55-37)25-11-6-5-7-12-25)35(49)47-22-28(19-33(47)34(48)44-40)54-38(51)46-21-26-13-10-15-30(41)29(26)23-46/h5-8,10-15,24,27-28,31,33H,2-4,9,16-23H2,1H3,(H,42,43)(H,44,48)(H,45,50)/b14-8-/t27-,28-,31+,33+,40-/m1/s1. The van der Waals surface area contributed by atoms with E-state index < -0.39 is 68.1 Å². The molecule has 0 spiro atoms. The van der Waals surface area contributed by atoms with E-state index in [0.717, 1.165) is 24.1 Å². The van der Waals surface area contributed by atoms with Crippen LogP contribution in [0.5, 0.6) is 0 Å². The van der Waals surface area contributed by atoms with Crippen molar-refractivity contribution in [2.75, 3.05) is 11.9 Å². The highest BCUT2D eigenvalue weighted by Gasteiger charge is 2.63. The summed E-state index contributed by atoms with van der Waals surface area (Å²) in [5, 5.41) is 8.65. The number of sulfonamides is 1. The Morgan fingerprint density at radius 2 is 1.86 bits per heavy atom. The molecule has 1 saturated heterocycles. The lowest BCUT2D eigenvalue weighted by Crippen LogP contribution is -2.58. The van der Waals surface area contributed by atoms with Crippen LogP contribution >= 0.6 is 11.3 Å². The second-order valence-corrected chi connectivity index (χ2v) is 18.9. The lowest BCUT2D eigenvalue weighted by Gasteiger charge is -2.30. The topological polar surface area (TPSA) is 167 Å². The van der Waals surface area contributed by atoms with E-state index in [0.29, 0.717) is 48.4 Å². The number of thiazole rings is 1.